The van der Waals surface area contributed by atoms with Gasteiger partial charge in [-0.15, -0.1) is 0 Å². The van der Waals surface area contributed by atoms with Gasteiger partial charge in [0.15, 0.2) is 0 Å². The molecule has 29 heavy (non-hydrogen) atoms. The largest absolute Gasteiger partial charge is 0.352 e. The Morgan fingerprint density at radius 1 is 1.17 bits per heavy atom. The van der Waals surface area contributed by atoms with E-state index in [0.717, 1.165) is 36.2 Å². The van der Waals surface area contributed by atoms with Gasteiger partial charge in [0.2, 0.25) is 10.0 Å². The second-order valence-corrected chi connectivity index (χ2v) is 8.99. The number of aryl methyl sites for hydroxylation is 1. The fourth-order valence-electron chi connectivity index (χ4n) is 3.47. The maximum atomic E-state index is 12.5. The maximum Gasteiger partial charge on any atom is 0.242 e. The third-order valence-corrected chi connectivity index (χ3v) is 6.50. The van der Waals surface area contributed by atoms with E-state index in [1.54, 1.807) is 12.1 Å². The molecule has 1 unspecified atom stereocenters. The molecule has 7 nitrogen and oxygen atoms in total. The van der Waals surface area contributed by atoms with Crippen LogP contribution in [0, 0.1) is 0 Å². The smallest absolute Gasteiger partial charge is 0.242 e. The van der Waals surface area contributed by atoms with E-state index in [2.05, 4.69) is 27.3 Å². The molecule has 3 rings (SSSR count). The second-order valence-electron chi connectivity index (χ2n) is 7.28. The van der Waals surface area contributed by atoms with Crippen LogP contribution in [0.5, 0.6) is 0 Å². The summed E-state index contributed by atoms with van der Waals surface area (Å²) in [4.78, 5) is 11.3. The number of fused-ring (bicyclic) bond motifs is 1. The van der Waals surface area contributed by atoms with Gasteiger partial charge in [0.1, 0.15) is 16.5 Å². The predicted octanol–water partition coefficient (Wildman–Crippen LogP) is 3.55. The van der Waals surface area contributed by atoms with E-state index >= 15 is 0 Å². The van der Waals surface area contributed by atoms with E-state index in [0.29, 0.717) is 12.4 Å². The number of rotatable bonds is 9. The number of imidazole rings is 1. The van der Waals surface area contributed by atoms with Gasteiger partial charge in [0.25, 0.3) is 0 Å². The van der Waals surface area contributed by atoms with Crippen LogP contribution >= 0.6 is 0 Å². The summed E-state index contributed by atoms with van der Waals surface area (Å²) in [5.41, 5.74) is 2.08. The van der Waals surface area contributed by atoms with Crippen molar-refractivity contribution in [3.63, 3.8) is 0 Å². The highest BCUT2D eigenvalue weighted by molar-refractivity contribution is 7.89. The predicted molar refractivity (Wildman–Crippen MR) is 116 cm³/mol. The SMILES string of the molecule is CCCC(C)NS(=O)(=O)c1ccc(N(C)Cc2nc3ccccc3n2CC)nc1. The average molecular weight is 416 g/mol. The van der Waals surface area contributed by atoms with Crippen molar-refractivity contribution < 1.29 is 8.42 Å². The van der Waals surface area contributed by atoms with E-state index in [1.165, 1.54) is 6.20 Å². The highest BCUT2D eigenvalue weighted by atomic mass is 32.2. The van der Waals surface area contributed by atoms with Gasteiger partial charge in [-0.25, -0.2) is 23.1 Å². The molecule has 2 heterocycles. The molecule has 0 aliphatic rings. The number of hydrogen-bond acceptors (Lipinski definition) is 5. The van der Waals surface area contributed by atoms with Crippen LogP contribution in [0.15, 0.2) is 47.5 Å². The number of benzene rings is 1. The van der Waals surface area contributed by atoms with Crippen molar-refractivity contribution in [2.45, 2.75) is 57.6 Å². The number of pyridine rings is 1. The lowest BCUT2D eigenvalue weighted by Crippen LogP contribution is -2.32. The lowest BCUT2D eigenvalue weighted by atomic mass is 10.2. The molecule has 0 saturated carbocycles. The van der Waals surface area contributed by atoms with Crippen LogP contribution in [0.1, 0.15) is 39.4 Å². The van der Waals surface area contributed by atoms with Crippen molar-refractivity contribution >= 4 is 26.9 Å². The Kier molecular flexibility index (Phi) is 6.54. The van der Waals surface area contributed by atoms with Crippen molar-refractivity contribution in [1.29, 1.82) is 0 Å². The summed E-state index contributed by atoms with van der Waals surface area (Å²) in [5, 5.41) is 0. The molecule has 1 aromatic carbocycles. The molecule has 0 saturated heterocycles. The van der Waals surface area contributed by atoms with Gasteiger partial charge >= 0.3 is 0 Å². The summed E-state index contributed by atoms with van der Waals surface area (Å²) in [6.07, 6.45) is 3.13. The van der Waals surface area contributed by atoms with Gasteiger partial charge in [-0.3, -0.25) is 0 Å². The number of sulfonamides is 1. The van der Waals surface area contributed by atoms with E-state index in [-0.39, 0.29) is 10.9 Å². The van der Waals surface area contributed by atoms with Gasteiger partial charge < -0.3 is 9.47 Å². The molecule has 1 atom stereocenters. The first-order chi connectivity index (χ1) is 13.9. The van der Waals surface area contributed by atoms with Gasteiger partial charge in [-0.1, -0.05) is 25.5 Å². The first kappa shape index (κ1) is 21.3. The van der Waals surface area contributed by atoms with Gasteiger partial charge in [0, 0.05) is 25.8 Å². The molecule has 0 aliphatic heterocycles. The Morgan fingerprint density at radius 2 is 1.93 bits per heavy atom. The lowest BCUT2D eigenvalue weighted by molar-refractivity contribution is 0.543. The Labute approximate surface area is 172 Å². The molecule has 3 aromatic rings. The standard InChI is InChI=1S/C21H29N5O2S/c1-5-9-16(3)24-29(27,28)17-12-13-20(22-14-17)25(4)15-21-23-18-10-7-8-11-19(18)26(21)6-2/h7-8,10-14,16,24H,5-6,9,15H2,1-4H3. The Bertz CT molecular complexity index is 1060. The molecule has 0 amide bonds. The maximum absolute atomic E-state index is 12.5. The minimum absolute atomic E-state index is 0.102. The fourth-order valence-corrected chi connectivity index (χ4v) is 4.70. The topological polar surface area (TPSA) is 80.1 Å². The minimum atomic E-state index is -3.56. The summed E-state index contributed by atoms with van der Waals surface area (Å²) in [6.45, 7) is 7.41. The van der Waals surface area contributed by atoms with Gasteiger partial charge in [-0.05, 0) is 44.5 Å². The zero-order valence-electron chi connectivity index (χ0n) is 17.5. The molecule has 0 aliphatic carbocycles. The molecule has 1 N–H and O–H groups in total. The van der Waals surface area contributed by atoms with Crippen molar-refractivity contribution in [1.82, 2.24) is 19.3 Å². The molecular weight excluding hydrogens is 386 g/mol. The Hall–Kier alpha value is -2.45. The van der Waals surface area contributed by atoms with Crippen LogP contribution in [0.2, 0.25) is 0 Å². The third-order valence-electron chi connectivity index (χ3n) is 4.93. The average Bonchev–Trinajstić information content (AvgIpc) is 3.04. The van der Waals surface area contributed by atoms with Crippen molar-refractivity contribution in [2.75, 3.05) is 11.9 Å². The summed E-state index contributed by atoms with van der Waals surface area (Å²) in [5.74, 6) is 1.64. The van der Waals surface area contributed by atoms with Crippen LogP contribution in [-0.4, -0.2) is 36.0 Å². The molecule has 0 spiro atoms. The summed E-state index contributed by atoms with van der Waals surface area (Å²) in [6, 6.07) is 11.3. The fraction of sp³-hybridized carbons (Fsp3) is 0.429. The van der Waals surface area contributed by atoms with Crippen LogP contribution in [0.3, 0.4) is 0 Å². The van der Waals surface area contributed by atoms with E-state index in [9.17, 15) is 8.42 Å². The number of hydrogen-bond donors (Lipinski definition) is 1. The van der Waals surface area contributed by atoms with Crippen molar-refractivity contribution in [3.05, 3.63) is 48.4 Å². The van der Waals surface area contributed by atoms with Gasteiger partial charge in [-0.2, -0.15) is 0 Å². The normalized spacial score (nSPS) is 13.0. The van der Waals surface area contributed by atoms with Crippen LogP contribution in [0.4, 0.5) is 5.82 Å². The summed E-state index contributed by atoms with van der Waals surface area (Å²) in [7, 11) is -1.63. The third kappa shape index (κ3) is 4.76. The monoisotopic (exact) mass is 415 g/mol. The first-order valence-corrected chi connectivity index (χ1v) is 11.5. The number of anilines is 1. The van der Waals surface area contributed by atoms with Crippen LogP contribution in [0.25, 0.3) is 11.0 Å². The Balaban J connectivity index is 1.77. The number of aromatic nitrogens is 3. The highest BCUT2D eigenvalue weighted by Gasteiger charge is 2.18. The number of para-hydroxylation sites is 2. The first-order valence-electron chi connectivity index (χ1n) is 9.99. The zero-order valence-corrected chi connectivity index (χ0v) is 18.3. The second kappa shape index (κ2) is 8.92. The van der Waals surface area contributed by atoms with Crippen LogP contribution < -0.4 is 9.62 Å². The molecule has 2 aromatic heterocycles. The summed E-state index contributed by atoms with van der Waals surface area (Å²) >= 11 is 0. The summed E-state index contributed by atoms with van der Waals surface area (Å²) < 4.78 is 29.9. The number of nitrogens with zero attached hydrogens (tertiary/aromatic N) is 4. The van der Waals surface area contributed by atoms with E-state index in [4.69, 9.17) is 4.98 Å². The molecule has 8 heteroatoms. The zero-order chi connectivity index (χ0) is 21.0. The Morgan fingerprint density at radius 3 is 2.59 bits per heavy atom. The lowest BCUT2D eigenvalue weighted by Gasteiger charge is -2.19. The molecule has 0 radical (unpaired) electrons. The molecular formula is C21H29N5O2S. The molecule has 0 bridgehead atoms. The quantitative estimate of drug-likeness (QED) is 0.578. The van der Waals surface area contributed by atoms with E-state index in [1.807, 2.05) is 44.0 Å². The molecule has 0 fully saturated rings. The molecule has 156 valence electrons. The minimum Gasteiger partial charge on any atom is -0.352 e. The van der Waals surface area contributed by atoms with Crippen LogP contribution in [-0.2, 0) is 23.1 Å². The van der Waals surface area contributed by atoms with Crippen molar-refractivity contribution in [2.24, 2.45) is 0 Å². The number of nitrogens with one attached hydrogen (secondary N) is 1. The van der Waals surface area contributed by atoms with Crippen molar-refractivity contribution in [3.8, 4) is 0 Å². The highest BCUT2D eigenvalue weighted by Crippen LogP contribution is 2.20. The van der Waals surface area contributed by atoms with E-state index < -0.39 is 10.0 Å². The van der Waals surface area contributed by atoms with Gasteiger partial charge in [0.05, 0.1) is 17.6 Å².